The van der Waals surface area contributed by atoms with Crippen molar-refractivity contribution in [1.82, 2.24) is 14.6 Å². The van der Waals surface area contributed by atoms with Gasteiger partial charge in [0.1, 0.15) is 11.6 Å². The molecule has 3 aromatic rings. The van der Waals surface area contributed by atoms with Gasteiger partial charge in [-0.1, -0.05) is 0 Å². The van der Waals surface area contributed by atoms with Crippen molar-refractivity contribution in [3.05, 3.63) is 48.4 Å². The summed E-state index contributed by atoms with van der Waals surface area (Å²) < 4.78 is 19.8. The van der Waals surface area contributed by atoms with E-state index in [0.717, 1.165) is 11.3 Å². The van der Waals surface area contributed by atoms with Gasteiger partial charge < -0.3 is 4.74 Å². The Hall–Kier alpha value is -2.43. The monoisotopic (exact) mass is 243 g/mol. The van der Waals surface area contributed by atoms with Gasteiger partial charge in [0.15, 0.2) is 11.5 Å². The molecule has 2 heterocycles. The Kier molecular flexibility index (Phi) is 2.44. The van der Waals surface area contributed by atoms with E-state index in [0.29, 0.717) is 11.5 Å². The molecule has 90 valence electrons. The van der Waals surface area contributed by atoms with Crippen molar-refractivity contribution in [2.24, 2.45) is 0 Å². The number of hydrogen-bond acceptors (Lipinski definition) is 3. The zero-order valence-electron chi connectivity index (χ0n) is 9.67. The number of fused-ring (bicyclic) bond motifs is 1. The molecule has 0 aliphatic carbocycles. The summed E-state index contributed by atoms with van der Waals surface area (Å²) in [5, 5.41) is 8.17. The normalized spacial score (nSPS) is 10.8. The van der Waals surface area contributed by atoms with Gasteiger partial charge in [-0.25, -0.2) is 4.39 Å². The molecular formula is C13H10FN3O. The highest BCUT2D eigenvalue weighted by atomic mass is 19.1. The minimum Gasteiger partial charge on any atom is -0.497 e. The maximum absolute atomic E-state index is 12.9. The van der Waals surface area contributed by atoms with Crippen LogP contribution in [0.25, 0.3) is 17.0 Å². The first-order valence-electron chi connectivity index (χ1n) is 5.42. The highest BCUT2D eigenvalue weighted by Gasteiger charge is 2.08. The highest BCUT2D eigenvalue weighted by Crippen LogP contribution is 2.21. The van der Waals surface area contributed by atoms with Crippen LogP contribution in [0.15, 0.2) is 42.6 Å². The summed E-state index contributed by atoms with van der Waals surface area (Å²) in [6, 6.07) is 9.77. The lowest BCUT2D eigenvalue weighted by Crippen LogP contribution is -1.90. The molecular weight excluding hydrogens is 233 g/mol. The van der Waals surface area contributed by atoms with E-state index < -0.39 is 0 Å². The molecule has 1 aromatic carbocycles. The molecule has 0 radical (unpaired) electrons. The van der Waals surface area contributed by atoms with Gasteiger partial charge in [0.25, 0.3) is 0 Å². The maximum Gasteiger partial charge on any atom is 0.168 e. The first-order valence-corrected chi connectivity index (χ1v) is 5.42. The van der Waals surface area contributed by atoms with Crippen molar-refractivity contribution in [2.75, 3.05) is 7.11 Å². The lowest BCUT2D eigenvalue weighted by molar-refractivity contribution is 0.414. The van der Waals surface area contributed by atoms with Crippen molar-refractivity contribution < 1.29 is 9.13 Å². The summed E-state index contributed by atoms with van der Waals surface area (Å²) in [6.45, 7) is 0. The summed E-state index contributed by atoms with van der Waals surface area (Å²) in [7, 11) is 1.60. The standard InChI is InChI=1S/C13H10FN3O/c1-18-11-6-7-17-12(8-11)15-16-13(17)9-2-4-10(14)5-3-9/h2-8H,1H3. The fraction of sp³-hybridized carbons (Fsp3) is 0.0769. The maximum atomic E-state index is 12.9. The number of pyridine rings is 1. The molecule has 0 amide bonds. The van der Waals surface area contributed by atoms with Gasteiger partial charge in [-0.2, -0.15) is 0 Å². The minimum atomic E-state index is -0.269. The highest BCUT2D eigenvalue weighted by molar-refractivity contribution is 5.60. The van der Waals surface area contributed by atoms with E-state index in [1.54, 1.807) is 25.3 Å². The van der Waals surface area contributed by atoms with Crippen molar-refractivity contribution in [3.8, 4) is 17.1 Å². The second-order valence-electron chi connectivity index (χ2n) is 3.83. The van der Waals surface area contributed by atoms with Crippen LogP contribution in [-0.2, 0) is 0 Å². The Balaban J connectivity index is 2.15. The number of aromatic nitrogens is 3. The lowest BCUT2D eigenvalue weighted by Gasteiger charge is -2.02. The van der Waals surface area contributed by atoms with Gasteiger partial charge in [-0.3, -0.25) is 4.40 Å². The fourth-order valence-electron chi connectivity index (χ4n) is 1.79. The molecule has 0 saturated carbocycles. The van der Waals surface area contributed by atoms with E-state index in [1.165, 1.54) is 12.1 Å². The Morgan fingerprint density at radius 3 is 2.61 bits per heavy atom. The molecule has 0 fully saturated rings. The largest absolute Gasteiger partial charge is 0.497 e. The first-order chi connectivity index (χ1) is 8.78. The number of benzene rings is 1. The van der Waals surface area contributed by atoms with E-state index >= 15 is 0 Å². The third kappa shape index (κ3) is 1.69. The topological polar surface area (TPSA) is 39.4 Å². The fourth-order valence-corrected chi connectivity index (χ4v) is 1.79. The summed E-state index contributed by atoms with van der Waals surface area (Å²) in [4.78, 5) is 0. The van der Waals surface area contributed by atoms with E-state index in [4.69, 9.17) is 4.74 Å². The summed E-state index contributed by atoms with van der Waals surface area (Å²) in [5.74, 6) is 1.13. The summed E-state index contributed by atoms with van der Waals surface area (Å²) in [5.41, 5.74) is 1.50. The van der Waals surface area contributed by atoms with Crippen molar-refractivity contribution >= 4 is 5.65 Å². The Labute approximate surface area is 103 Å². The average molecular weight is 243 g/mol. The molecule has 2 aromatic heterocycles. The third-order valence-corrected chi connectivity index (χ3v) is 2.72. The quantitative estimate of drug-likeness (QED) is 0.694. The van der Waals surface area contributed by atoms with Crippen LogP contribution >= 0.6 is 0 Å². The Morgan fingerprint density at radius 2 is 1.89 bits per heavy atom. The van der Waals surface area contributed by atoms with Crippen LogP contribution in [0.2, 0.25) is 0 Å². The molecule has 0 aliphatic heterocycles. The van der Waals surface area contributed by atoms with Crippen LogP contribution in [0, 0.1) is 5.82 Å². The molecule has 5 heteroatoms. The molecule has 0 saturated heterocycles. The second kappa shape index (κ2) is 4.10. The van der Waals surface area contributed by atoms with E-state index in [1.807, 2.05) is 16.7 Å². The average Bonchev–Trinajstić information content (AvgIpc) is 2.82. The molecule has 18 heavy (non-hydrogen) atoms. The van der Waals surface area contributed by atoms with Crippen molar-refractivity contribution in [3.63, 3.8) is 0 Å². The Morgan fingerprint density at radius 1 is 1.11 bits per heavy atom. The predicted octanol–water partition coefficient (Wildman–Crippen LogP) is 2.54. The number of nitrogens with zero attached hydrogens (tertiary/aromatic N) is 3. The van der Waals surface area contributed by atoms with Gasteiger partial charge >= 0.3 is 0 Å². The lowest BCUT2D eigenvalue weighted by atomic mass is 10.2. The molecule has 0 unspecified atom stereocenters. The van der Waals surface area contributed by atoms with Gasteiger partial charge in [0.2, 0.25) is 0 Å². The van der Waals surface area contributed by atoms with Gasteiger partial charge in [-0.15, -0.1) is 10.2 Å². The molecule has 0 N–H and O–H groups in total. The van der Waals surface area contributed by atoms with Gasteiger partial charge in [0.05, 0.1) is 7.11 Å². The zero-order chi connectivity index (χ0) is 12.5. The first kappa shape index (κ1) is 10.7. The van der Waals surface area contributed by atoms with Crippen LogP contribution in [-0.4, -0.2) is 21.7 Å². The Bertz CT molecular complexity index is 691. The van der Waals surface area contributed by atoms with Crippen LogP contribution in [0.5, 0.6) is 5.75 Å². The molecule has 0 spiro atoms. The van der Waals surface area contributed by atoms with Crippen molar-refractivity contribution in [2.45, 2.75) is 0 Å². The molecule has 0 atom stereocenters. The van der Waals surface area contributed by atoms with E-state index in [2.05, 4.69) is 10.2 Å². The van der Waals surface area contributed by atoms with Crippen molar-refractivity contribution in [1.29, 1.82) is 0 Å². The molecule has 3 rings (SSSR count). The predicted molar refractivity (Wildman–Crippen MR) is 64.9 cm³/mol. The smallest absolute Gasteiger partial charge is 0.168 e. The number of ether oxygens (including phenoxy) is 1. The second-order valence-corrected chi connectivity index (χ2v) is 3.83. The van der Waals surface area contributed by atoms with Crippen LogP contribution in [0.1, 0.15) is 0 Å². The van der Waals surface area contributed by atoms with Crippen LogP contribution < -0.4 is 4.74 Å². The molecule has 0 aliphatic rings. The summed E-state index contributed by atoms with van der Waals surface area (Å²) >= 11 is 0. The van der Waals surface area contributed by atoms with Crippen LogP contribution in [0.4, 0.5) is 4.39 Å². The molecule has 0 bridgehead atoms. The van der Waals surface area contributed by atoms with Crippen LogP contribution in [0.3, 0.4) is 0 Å². The number of hydrogen-bond donors (Lipinski definition) is 0. The minimum absolute atomic E-state index is 0.269. The van der Waals surface area contributed by atoms with Gasteiger partial charge in [-0.05, 0) is 30.3 Å². The number of methoxy groups -OCH3 is 1. The van der Waals surface area contributed by atoms with E-state index in [-0.39, 0.29) is 5.82 Å². The SMILES string of the molecule is COc1ccn2c(-c3ccc(F)cc3)nnc2c1. The summed E-state index contributed by atoms with van der Waals surface area (Å²) in [6.07, 6.45) is 1.83. The van der Waals surface area contributed by atoms with E-state index in [9.17, 15) is 4.39 Å². The number of rotatable bonds is 2. The third-order valence-electron chi connectivity index (χ3n) is 2.72. The number of halogens is 1. The van der Waals surface area contributed by atoms with Gasteiger partial charge in [0, 0.05) is 17.8 Å². The zero-order valence-corrected chi connectivity index (χ0v) is 9.67. The molecule has 4 nitrogen and oxygen atoms in total.